The number of primary amides is 1. The molecule has 1 atom stereocenters. The van der Waals surface area contributed by atoms with Gasteiger partial charge in [0, 0.05) is 15.3 Å². The van der Waals surface area contributed by atoms with Crippen LogP contribution in [0.25, 0.3) is 21.3 Å². The van der Waals surface area contributed by atoms with Crippen LogP contribution in [0.5, 0.6) is 0 Å². The van der Waals surface area contributed by atoms with Crippen molar-refractivity contribution in [2.75, 3.05) is 5.32 Å². The summed E-state index contributed by atoms with van der Waals surface area (Å²) in [5.74, 6) is -0.787. The summed E-state index contributed by atoms with van der Waals surface area (Å²) in [6.07, 6.45) is 3.79. The zero-order valence-electron chi connectivity index (χ0n) is 19.3. The quantitative estimate of drug-likeness (QED) is 0.239. The van der Waals surface area contributed by atoms with Crippen LogP contribution in [-0.2, 0) is 17.6 Å². The van der Waals surface area contributed by atoms with E-state index in [9.17, 15) is 14.4 Å². The van der Waals surface area contributed by atoms with Gasteiger partial charge >= 0.3 is 0 Å². The van der Waals surface area contributed by atoms with Crippen LogP contribution in [0.4, 0.5) is 5.00 Å². The lowest BCUT2D eigenvalue weighted by atomic mass is 9.95. The van der Waals surface area contributed by atoms with Crippen molar-refractivity contribution in [3.63, 3.8) is 0 Å². The molecule has 3 heterocycles. The Labute approximate surface area is 214 Å². The predicted molar refractivity (Wildman–Crippen MR) is 144 cm³/mol. The smallest absolute Gasteiger partial charge is 0.260 e. The average molecular weight is 525 g/mol. The predicted octanol–water partition coefficient (Wildman–Crippen LogP) is 5.12. The minimum Gasteiger partial charge on any atom is -0.365 e. The van der Waals surface area contributed by atoms with Gasteiger partial charge in [-0.2, -0.15) is 0 Å². The van der Waals surface area contributed by atoms with Gasteiger partial charge in [0.05, 0.1) is 16.2 Å². The molecule has 10 heteroatoms. The number of carbonyl (C=O) groups is 2. The molecule has 0 radical (unpaired) electrons. The van der Waals surface area contributed by atoms with E-state index in [0.717, 1.165) is 52.1 Å². The largest absolute Gasteiger partial charge is 0.365 e. The molecule has 0 saturated carbocycles. The third-order valence-corrected chi connectivity index (χ3v) is 9.28. The molecule has 0 bridgehead atoms. The van der Waals surface area contributed by atoms with Gasteiger partial charge in [-0.25, -0.2) is 4.98 Å². The minimum absolute atomic E-state index is 0.227. The maximum Gasteiger partial charge on any atom is 0.260 e. The number of hydrogen-bond donors (Lipinski definition) is 3. The first-order valence-electron chi connectivity index (χ1n) is 11.3. The zero-order chi connectivity index (χ0) is 24.7. The lowest BCUT2D eigenvalue weighted by molar-refractivity contribution is -0.115. The summed E-state index contributed by atoms with van der Waals surface area (Å²) >= 11 is 4.08. The summed E-state index contributed by atoms with van der Waals surface area (Å²) in [5.41, 5.74) is 8.69. The van der Waals surface area contributed by atoms with Gasteiger partial charge in [-0.1, -0.05) is 42.1 Å². The monoisotopic (exact) mass is 524 g/mol. The number of amides is 2. The fraction of sp³-hybridized carbons (Fsp3) is 0.280. The number of nitrogens with zero attached hydrogens (tertiary/aromatic N) is 1. The van der Waals surface area contributed by atoms with Crippen LogP contribution in [0.1, 0.15) is 45.4 Å². The van der Waals surface area contributed by atoms with Crippen LogP contribution in [-0.4, -0.2) is 27.0 Å². The van der Waals surface area contributed by atoms with Crippen molar-refractivity contribution in [1.82, 2.24) is 9.97 Å². The highest BCUT2D eigenvalue weighted by atomic mass is 32.2. The Kier molecular flexibility index (Phi) is 6.52. The molecule has 1 aliphatic carbocycles. The SMILES string of the molecule is Cc1sc2nc(SC(C)C(=O)Nc3sc4c(c3C(N)=O)CCCC4)[nH]c(=O)c2c1-c1ccccc1. The number of benzene rings is 1. The number of aromatic amines is 1. The van der Waals surface area contributed by atoms with E-state index < -0.39 is 11.2 Å². The molecule has 4 aromatic rings. The highest BCUT2D eigenvalue weighted by molar-refractivity contribution is 8.00. The fourth-order valence-electron chi connectivity index (χ4n) is 4.46. The molecule has 0 fully saturated rings. The number of anilines is 1. The van der Waals surface area contributed by atoms with E-state index in [4.69, 9.17) is 5.73 Å². The van der Waals surface area contributed by atoms with Crippen molar-refractivity contribution in [2.24, 2.45) is 5.73 Å². The number of H-pyrrole nitrogens is 1. The third kappa shape index (κ3) is 4.53. The number of rotatable bonds is 6. The van der Waals surface area contributed by atoms with Gasteiger partial charge in [0.25, 0.3) is 11.5 Å². The maximum absolute atomic E-state index is 13.0. The summed E-state index contributed by atoms with van der Waals surface area (Å²) < 4.78 is 0. The highest BCUT2D eigenvalue weighted by Gasteiger charge is 2.27. The molecule has 2 amide bonds. The Morgan fingerprint density at radius 2 is 1.91 bits per heavy atom. The van der Waals surface area contributed by atoms with Crippen LogP contribution >= 0.6 is 34.4 Å². The summed E-state index contributed by atoms with van der Waals surface area (Å²) in [7, 11) is 0. The van der Waals surface area contributed by atoms with Crippen molar-refractivity contribution in [2.45, 2.75) is 49.9 Å². The molecule has 0 saturated heterocycles. The Balaban J connectivity index is 1.39. The number of carbonyl (C=O) groups excluding carboxylic acids is 2. The molecular weight excluding hydrogens is 501 g/mol. The standard InChI is InChI=1S/C25H24N4O3S3/c1-12-17(14-8-4-3-5-9-14)19-22(32)28-25(29-24(19)33-12)34-13(2)21(31)27-23-18(20(26)30)15-10-6-7-11-16(15)35-23/h3-5,8-9,13H,6-7,10-11H2,1-2H3,(H2,26,30)(H,27,31)(H,28,29,32). The Hall–Kier alpha value is -2.95. The molecule has 0 spiro atoms. The Morgan fingerprint density at radius 3 is 2.66 bits per heavy atom. The maximum atomic E-state index is 13.0. The van der Waals surface area contributed by atoms with E-state index in [2.05, 4.69) is 15.3 Å². The molecule has 180 valence electrons. The average Bonchev–Trinajstić information content (AvgIpc) is 3.36. The lowest BCUT2D eigenvalue weighted by Crippen LogP contribution is -2.24. The van der Waals surface area contributed by atoms with Crippen molar-refractivity contribution < 1.29 is 9.59 Å². The van der Waals surface area contributed by atoms with Crippen LogP contribution < -0.4 is 16.6 Å². The first-order valence-corrected chi connectivity index (χ1v) is 13.9. The van der Waals surface area contributed by atoms with E-state index in [0.29, 0.717) is 25.9 Å². The molecule has 35 heavy (non-hydrogen) atoms. The second-order valence-corrected chi connectivity index (χ2v) is 12.1. The fourth-order valence-corrected chi connectivity index (χ4v) is 7.65. The summed E-state index contributed by atoms with van der Waals surface area (Å²) in [6.45, 7) is 3.73. The normalized spacial score (nSPS) is 14.0. The topological polar surface area (TPSA) is 118 Å². The number of thiophene rings is 2. The third-order valence-electron chi connectivity index (χ3n) is 6.09. The van der Waals surface area contributed by atoms with Gasteiger partial charge in [0.15, 0.2) is 5.16 Å². The molecule has 0 aliphatic heterocycles. The van der Waals surface area contributed by atoms with E-state index in [1.54, 1.807) is 6.92 Å². The number of aryl methyl sites for hydroxylation is 2. The van der Waals surface area contributed by atoms with E-state index in [1.807, 2.05) is 37.3 Å². The molecule has 5 rings (SSSR count). The summed E-state index contributed by atoms with van der Waals surface area (Å²) in [4.78, 5) is 48.4. The minimum atomic E-state index is -0.551. The second-order valence-electron chi connectivity index (χ2n) is 8.48. The van der Waals surface area contributed by atoms with Crippen molar-refractivity contribution in [3.8, 4) is 11.1 Å². The molecule has 3 aromatic heterocycles. The van der Waals surface area contributed by atoms with Gasteiger partial charge in [0.1, 0.15) is 9.83 Å². The lowest BCUT2D eigenvalue weighted by Gasteiger charge is -2.12. The van der Waals surface area contributed by atoms with Crippen molar-refractivity contribution >= 4 is 61.5 Å². The molecule has 1 aromatic carbocycles. The number of nitrogens with one attached hydrogen (secondary N) is 2. The van der Waals surface area contributed by atoms with Gasteiger partial charge in [-0.15, -0.1) is 22.7 Å². The molecule has 7 nitrogen and oxygen atoms in total. The van der Waals surface area contributed by atoms with Gasteiger partial charge in [-0.05, 0) is 50.7 Å². The molecular formula is C25H24N4O3S3. The van der Waals surface area contributed by atoms with E-state index in [1.165, 1.54) is 34.4 Å². The first-order chi connectivity index (χ1) is 16.8. The zero-order valence-corrected chi connectivity index (χ0v) is 21.7. The number of fused-ring (bicyclic) bond motifs is 2. The Morgan fingerprint density at radius 1 is 1.17 bits per heavy atom. The van der Waals surface area contributed by atoms with E-state index >= 15 is 0 Å². The van der Waals surface area contributed by atoms with Gasteiger partial charge < -0.3 is 16.0 Å². The second kappa shape index (κ2) is 9.60. The van der Waals surface area contributed by atoms with Crippen LogP contribution in [0.15, 0.2) is 40.3 Å². The van der Waals surface area contributed by atoms with Gasteiger partial charge in [0.2, 0.25) is 5.91 Å². The number of aromatic nitrogens is 2. The highest BCUT2D eigenvalue weighted by Crippen LogP contribution is 2.39. The molecule has 4 N–H and O–H groups in total. The van der Waals surface area contributed by atoms with Crippen LogP contribution in [0.3, 0.4) is 0 Å². The summed E-state index contributed by atoms with van der Waals surface area (Å²) in [6, 6.07) is 9.78. The Bertz CT molecular complexity index is 1500. The molecule has 1 unspecified atom stereocenters. The van der Waals surface area contributed by atoms with Gasteiger partial charge in [-0.3, -0.25) is 14.4 Å². The van der Waals surface area contributed by atoms with E-state index in [-0.39, 0.29) is 11.5 Å². The first kappa shape index (κ1) is 23.8. The van der Waals surface area contributed by atoms with Crippen molar-refractivity contribution in [3.05, 3.63) is 61.6 Å². The number of hydrogen-bond acceptors (Lipinski definition) is 7. The van der Waals surface area contributed by atoms with Crippen LogP contribution in [0, 0.1) is 6.92 Å². The van der Waals surface area contributed by atoms with Crippen molar-refractivity contribution in [1.29, 1.82) is 0 Å². The molecule has 1 aliphatic rings. The summed E-state index contributed by atoms with van der Waals surface area (Å²) in [5, 5.41) is 3.81. The number of thioether (sulfide) groups is 1. The van der Waals surface area contributed by atoms with Crippen LogP contribution in [0.2, 0.25) is 0 Å². The number of nitrogens with two attached hydrogens (primary N) is 1.